The van der Waals surface area contributed by atoms with Crippen molar-refractivity contribution in [3.8, 4) is 0 Å². The Morgan fingerprint density at radius 1 is 0.893 bits per heavy atom. The van der Waals surface area contributed by atoms with Crippen molar-refractivity contribution in [3.63, 3.8) is 0 Å². The summed E-state index contributed by atoms with van der Waals surface area (Å²) in [6, 6.07) is 13.2. The summed E-state index contributed by atoms with van der Waals surface area (Å²) in [5.41, 5.74) is 1.28. The van der Waals surface area contributed by atoms with E-state index < -0.39 is 0 Å². The van der Waals surface area contributed by atoms with E-state index in [1.807, 2.05) is 18.2 Å². The second kappa shape index (κ2) is 8.29. The molecule has 0 radical (unpaired) electrons. The van der Waals surface area contributed by atoms with Gasteiger partial charge in [0.15, 0.2) is 0 Å². The maximum Gasteiger partial charge on any atom is 0.319 e. The largest absolute Gasteiger partial charge is 0.356 e. The third kappa shape index (κ3) is 4.79. The Bertz CT molecular complexity index is 812. The molecule has 0 atom stereocenters. The van der Waals surface area contributed by atoms with Crippen molar-refractivity contribution in [3.05, 3.63) is 54.2 Å². The Morgan fingerprint density at radius 2 is 1.61 bits per heavy atom. The smallest absolute Gasteiger partial charge is 0.319 e. The average Bonchev–Trinajstić information content (AvgIpc) is 3.53. The normalized spacial score (nSPS) is 17.1. The lowest BCUT2D eigenvalue weighted by atomic mass is 10.0. The molecule has 4 rings (SSSR count). The fraction of sp³-hybridized carbons (Fsp3) is 0.381. The second-order valence-corrected chi connectivity index (χ2v) is 7.37. The second-order valence-electron chi connectivity index (χ2n) is 7.37. The summed E-state index contributed by atoms with van der Waals surface area (Å²) in [4.78, 5) is 30.9. The van der Waals surface area contributed by atoms with Crippen LogP contribution in [0.4, 0.5) is 16.3 Å². The van der Waals surface area contributed by atoms with Crippen LogP contribution >= 0.6 is 0 Å². The number of nitrogens with zero attached hydrogens (tertiary/aromatic N) is 2. The summed E-state index contributed by atoms with van der Waals surface area (Å²) in [5, 5.41) is 8.78. The fourth-order valence-electron chi connectivity index (χ4n) is 3.35. The van der Waals surface area contributed by atoms with Crippen molar-refractivity contribution in [2.45, 2.75) is 37.8 Å². The Hall–Kier alpha value is -3.09. The third-order valence-corrected chi connectivity index (χ3v) is 5.12. The number of rotatable bonds is 5. The van der Waals surface area contributed by atoms with Crippen LogP contribution in [-0.2, 0) is 0 Å². The number of nitrogens with one attached hydrogen (secondary N) is 3. The van der Waals surface area contributed by atoms with E-state index >= 15 is 0 Å². The van der Waals surface area contributed by atoms with Gasteiger partial charge in [0.1, 0.15) is 5.82 Å². The third-order valence-electron chi connectivity index (χ3n) is 5.12. The van der Waals surface area contributed by atoms with Gasteiger partial charge in [-0.25, -0.2) is 9.78 Å². The first-order valence-corrected chi connectivity index (χ1v) is 9.82. The number of aromatic nitrogens is 1. The van der Waals surface area contributed by atoms with E-state index in [9.17, 15) is 9.59 Å². The number of hydrogen-bond donors (Lipinski definition) is 3. The van der Waals surface area contributed by atoms with E-state index in [0.29, 0.717) is 17.3 Å². The number of anilines is 2. The number of carbonyl (C=O) groups excluding carboxylic acids is 2. The molecule has 146 valence electrons. The SMILES string of the molecule is O=C(Nc1ccc(C(=O)NC2CCN(c3ccccn3)CC2)cc1)NC1CC1. The minimum Gasteiger partial charge on any atom is -0.356 e. The van der Waals surface area contributed by atoms with Gasteiger partial charge in [0.2, 0.25) is 0 Å². The molecule has 1 aromatic carbocycles. The van der Waals surface area contributed by atoms with Gasteiger partial charge in [0, 0.05) is 42.6 Å². The molecule has 28 heavy (non-hydrogen) atoms. The van der Waals surface area contributed by atoms with Gasteiger partial charge in [0.05, 0.1) is 0 Å². The molecule has 0 unspecified atom stereocenters. The van der Waals surface area contributed by atoms with Crippen molar-refractivity contribution in [1.82, 2.24) is 15.6 Å². The molecule has 1 saturated heterocycles. The van der Waals surface area contributed by atoms with Crippen LogP contribution in [0.25, 0.3) is 0 Å². The average molecular weight is 379 g/mol. The number of pyridine rings is 1. The number of urea groups is 1. The maximum absolute atomic E-state index is 12.5. The van der Waals surface area contributed by atoms with Gasteiger partial charge in [0.25, 0.3) is 5.91 Å². The molecular formula is C21H25N5O2. The van der Waals surface area contributed by atoms with Gasteiger partial charge in [-0.05, 0) is 62.1 Å². The van der Waals surface area contributed by atoms with Crippen molar-refractivity contribution >= 4 is 23.4 Å². The number of carbonyl (C=O) groups is 2. The van der Waals surface area contributed by atoms with Gasteiger partial charge < -0.3 is 20.9 Å². The standard InChI is InChI=1S/C21H25N5O2/c27-20(15-4-6-16(7-5-15)24-21(28)25-17-8-9-17)23-18-10-13-26(14-11-18)19-3-1-2-12-22-19/h1-7,12,17-18H,8-11,13-14H2,(H,23,27)(H2,24,25,28). The van der Waals surface area contributed by atoms with Crippen LogP contribution in [0.15, 0.2) is 48.7 Å². The number of hydrogen-bond acceptors (Lipinski definition) is 4. The zero-order valence-corrected chi connectivity index (χ0v) is 15.7. The Labute approximate surface area is 164 Å². The summed E-state index contributed by atoms with van der Waals surface area (Å²) in [6.45, 7) is 1.75. The summed E-state index contributed by atoms with van der Waals surface area (Å²) in [7, 11) is 0. The van der Waals surface area contributed by atoms with Crippen LogP contribution in [0.2, 0.25) is 0 Å². The molecule has 1 aromatic heterocycles. The van der Waals surface area contributed by atoms with E-state index in [2.05, 4.69) is 25.8 Å². The van der Waals surface area contributed by atoms with Gasteiger partial charge in [-0.1, -0.05) is 6.07 Å². The molecule has 1 saturated carbocycles. The zero-order valence-electron chi connectivity index (χ0n) is 15.7. The number of benzene rings is 1. The molecule has 1 aliphatic carbocycles. The highest BCUT2D eigenvalue weighted by Crippen LogP contribution is 2.19. The van der Waals surface area contributed by atoms with Crippen LogP contribution < -0.4 is 20.9 Å². The maximum atomic E-state index is 12.5. The highest BCUT2D eigenvalue weighted by atomic mass is 16.2. The topological polar surface area (TPSA) is 86.4 Å². The quantitative estimate of drug-likeness (QED) is 0.746. The van der Waals surface area contributed by atoms with Crippen molar-refractivity contribution in [1.29, 1.82) is 0 Å². The Kier molecular flexibility index (Phi) is 5.41. The summed E-state index contributed by atoms with van der Waals surface area (Å²) >= 11 is 0. The molecule has 2 fully saturated rings. The fourth-order valence-corrected chi connectivity index (χ4v) is 3.35. The first-order chi connectivity index (χ1) is 13.7. The molecule has 2 heterocycles. The van der Waals surface area contributed by atoms with Crippen molar-refractivity contribution in [2.75, 3.05) is 23.3 Å². The van der Waals surface area contributed by atoms with Crippen LogP contribution in [-0.4, -0.2) is 42.1 Å². The first-order valence-electron chi connectivity index (χ1n) is 9.82. The van der Waals surface area contributed by atoms with E-state index in [1.165, 1.54) is 0 Å². The van der Waals surface area contributed by atoms with Gasteiger partial charge in [-0.15, -0.1) is 0 Å². The summed E-state index contributed by atoms with van der Waals surface area (Å²) in [5.74, 6) is 0.909. The Balaban J connectivity index is 1.25. The molecular weight excluding hydrogens is 354 g/mol. The molecule has 7 heteroatoms. The molecule has 2 aromatic rings. The molecule has 7 nitrogen and oxygen atoms in total. The predicted octanol–water partition coefficient (Wildman–Crippen LogP) is 2.76. The number of piperidine rings is 1. The van der Waals surface area contributed by atoms with Crippen LogP contribution in [0.1, 0.15) is 36.0 Å². The minimum atomic E-state index is -0.195. The molecule has 3 amide bonds. The lowest BCUT2D eigenvalue weighted by molar-refractivity contribution is 0.0931. The summed E-state index contributed by atoms with van der Waals surface area (Å²) < 4.78 is 0. The lowest BCUT2D eigenvalue weighted by Gasteiger charge is -2.33. The van der Waals surface area contributed by atoms with Crippen molar-refractivity contribution in [2.24, 2.45) is 0 Å². The van der Waals surface area contributed by atoms with Crippen LogP contribution in [0.3, 0.4) is 0 Å². The predicted molar refractivity (Wildman–Crippen MR) is 109 cm³/mol. The zero-order chi connectivity index (χ0) is 19.3. The van der Waals surface area contributed by atoms with Gasteiger partial charge in [-0.2, -0.15) is 0 Å². The summed E-state index contributed by atoms with van der Waals surface area (Å²) in [6.07, 6.45) is 5.69. The molecule has 0 spiro atoms. The molecule has 0 bridgehead atoms. The monoisotopic (exact) mass is 379 g/mol. The van der Waals surface area contributed by atoms with Crippen LogP contribution in [0.5, 0.6) is 0 Å². The number of amides is 3. The van der Waals surface area contributed by atoms with Crippen molar-refractivity contribution < 1.29 is 9.59 Å². The molecule has 3 N–H and O–H groups in total. The highest BCUT2D eigenvalue weighted by molar-refractivity contribution is 5.95. The molecule has 1 aliphatic heterocycles. The van der Waals surface area contributed by atoms with E-state index in [1.54, 1.807) is 30.5 Å². The van der Waals surface area contributed by atoms with Gasteiger partial charge in [-0.3, -0.25) is 4.79 Å². The van der Waals surface area contributed by atoms with E-state index in [4.69, 9.17) is 0 Å². The van der Waals surface area contributed by atoms with Crippen LogP contribution in [0, 0.1) is 0 Å². The van der Waals surface area contributed by atoms with E-state index in [0.717, 1.165) is 44.6 Å². The molecule has 2 aliphatic rings. The van der Waals surface area contributed by atoms with E-state index in [-0.39, 0.29) is 18.0 Å². The highest BCUT2D eigenvalue weighted by Gasteiger charge is 2.23. The Morgan fingerprint density at radius 3 is 2.25 bits per heavy atom. The minimum absolute atomic E-state index is 0.0785. The lowest BCUT2D eigenvalue weighted by Crippen LogP contribution is -2.44. The van der Waals surface area contributed by atoms with Gasteiger partial charge >= 0.3 is 6.03 Å². The first kappa shape index (κ1) is 18.3.